The minimum atomic E-state index is 0.597. The van der Waals surface area contributed by atoms with Crippen molar-refractivity contribution in [3.05, 3.63) is 65.0 Å². The molecule has 0 unspecified atom stereocenters. The van der Waals surface area contributed by atoms with Gasteiger partial charge in [0, 0.05) is 17.5 Å². The fraction of sp³-hybridized carbons (Fsp3) is 0.462. The number of ether oxygens (including phenoxy) is 2. The average molecular weight is 425 g/mol. The van der Waals surface area contributed by atoms with Crippen LogP contribution >= 0.6 is 0 Å². The number of hydrogen-bond donors (Lipinski definition) is 0. The van der Waals surface area contributed by atoms with E-state index in [-0.39, 0.29) is 0 Å². The van der Waals surface area contributed by atoms with E-state index in [1.54, 1.807) is 6.21 Å². The second kappa shape index (κ2) is 14.2. The van der Waals surface area contributed by atoms with E-state index in [2.05, 4.69) is 47.0 Å². The van der Waals surface area contributed by atoms with E-state index in [0.29, 0.717) is 6.61 Å². The van der Waals surface area contributed by atoms with Gasteiger partial charge < -0.3 is 14.3 Å². The molecule has 0 saturated carbocycles. The summed E-state index contributed by atoms with van der Waals surface area (Å²) >= 11 is 0. The molecule has 0 aliphatic carbocycles. The smallest absolute Gasteiger partial charge is 0.125 e. The van der Waals surface area contributed by atoms with E-state index in [4.69, 9.17) is 9.47 Å². The van der Waals surface area contributed by atoms with Crippen LogP contribution in [0.15, 0.2) is 47.8 Å². The summed E-state index contributed by atoms with van der Waals surface area (Å²) < 4.78 is 11.8. The second-order valence-electron chi connectivity index (χ2n) is 7.63. The van der Waals surface area contributed by atoms with Crippen molar-refractivity contribution in [1.29, 1.82) is 0 Å². The maximum absolute atomic E-state index is 6.06. The van der Waals surface area contributed by atoms with Crippen LogP contribution in [0.3, 0.4) is 0 Å². The van der Waals surface area contributed by atoms with Crippen LogP contribution in [-0.4, -0.2) is 31.5 Å². The molecule has 0 radical (unpaired) electrons. The molecule has 1 aromatic heterocycles. The molecule has 0 saturated heterocycles. The third kappa shape index (κ3) is 9.24. The van der Waals surface area contributed by atoms with Gasteiger partial charge >= 0.3 is 0 Å². The van der Waals surface area contributed by atoms with Gasteiger partial charge in [-0.05, 0) is 75.4 Å². The molecular weight excluding hydrogens is 388 g/mol. The van der Waals surface area contributed by atoms with Gasteiger partial charge in [-0.25, -0.2) is 0 Å². The number of nitrogens with zero attached hydrogens (tertiary/aromatic N) is 2. The number of pyridine rings is 1. The van der Waals surface area contributed by atoms with Crippen LogP contribution in [0.4, 0.5) is 0 Å². The highest BCUT2D eigenvalue weighted by Crippen LogP contribution is 2.28. The largest absolute Gasteiger partial charge is 0.493 e. The standard InChI is InChI=1S/C26H36N2O3/c1-5-6-15-30-25-17-21(2)26(22(3)18-25)31-16-11-9-7-8-10-12-24-14-13-23(19-27-24)20-28-29-4/h5-6,13-14,17-20H,7-12,15-16H2,1-4H3/b6-5+,28-20+. The van der Waals surface area contributed by atoms with E-state index in [9.17, 15) is 0 Å². The predicted molar refractivity (Wildman–Crippen MR) is 127 cm³/mol. The lowest BCUT2D eigenvalue weighted by Crippen LogP contribution is -2.02. The Labute approximate surface area is 187 Å². The zero-order chi connectivity index (χ0) is 22.3. The molecule has 0 aliphatic rings. The first-order chi connectivity index (χ1) is 15.1. The van der Waals surface area contributed by atoms with Gasteiger partial charge in [0.25, 0.3) is 0 Å². The molecule has 31 heavy (non-hydrogen) atoms. The monoisotopic (exact) mass is 424 g/mol. The lowest BCUT2D eigenvalue weighted by atomic mass is 10.1. The van der Waals surface area contributed by atoms with Crippen molar-refractivity contribution < 1.29 is 14.3 Å². The zero-order valence-electron chi connectivity index (χ0n) is 19.4. The van der Waals surface area contributed by atoms with Gasteiger partial charge in [-0.2, -0.15) is 0 Å². The summed E-state index contributed by atoms with van der Waals surface area (Å²) in [5.41, 5.74) is 4.33. The van der Waals surface area contributed by atoms with Gasteiger partial charge in [0.05, 0.1) is 12.8 Å². The number of oxime groups is 1. The van der Waals surface area contributed by atoms with E-state index in [0.717, 1.165) is 59.8 Å². The minimum absolute atomic E-state index is 0.597. The van der Waals surface area contributed by atoms with Gasteiger partial charge in [0.1, 0.15) is 25.2 Å². The zero-order valence-corrected chi connectivity index (χ0v) is 19.4. The lowest BCUT2D eigenvalue weighted by molar-refractivity contribution is 0.215. The molecular formula is C26H36N2O3. The number of allylic oxidation sites excluding steroid dienone is 1. The summed E-state index contributed by atoms with van der Waals surface area (Å²) in [7, 11) is 1.53. The molecule has 2 rings (SSSR count). The van der Waals surface area contributed by atoms with E-state index < -0.39 is 0 Å². The summed E-state index contributed by atoms with van der Waals surface area (Å²) in [6.45, 7) is 7.51. The summed E-state index contributed by atoms with van der Waals surface area (Å²) in [6, 6.07) is 8.19. The molecule has 0 bridgehead atoms. The number of aromatic nitrogens is 1. The van der Waals surface area contributed by atoms with Gasteiger partial charge in [0.15, 0.2) is 0 Å². The molecule has 0 fully saturated rings. The normalized spacial score (nSPS) is 11.4. The molecule has 0 aliphatic heterocycles. The highest BCUT2D eigenvalue weighted by atomic mass is 16.6. The number of benzene rings is 1. The Bertz CT molecular complexity index is 806. The van der Waals surface area contributed by atoms with Crippen molar-refractivity contribution in [2.24, 2.45) is 5.16 Å². The number of hydrogen-bond acceptors (Lipinski definition) is 5. The molecule has 0 amide bonds. The first-order valence-corrected chi connectivity index (χ1v) is 11.1. The van der Waals surface area contributed by atoms with Crippen molar-refractivity contribution in [2.45, 2.75) is 59.3 Å². The van der Waals surface area contributed by atoms with Crippen molar-refractivity contribution >= 4 is 6.21 Å². The van der Waals surface area contributed by atoms with Crippen LogP contribution in [0.1, 0.15) is 61.4 Å². The molecule has 5 heteroatoms. The van der Waals surface area contributed by atoms with Crippen LogP contribution in [0.25, 0.3) is 0 Å². The molecule has 2 aromatic rings. The van der Waals surface area contributed by atoms with E-state index in [1.807, 2.05) is 31.3 Å². The van der Waals surface area contributed by atoms with Crippen molar-refractivity contribution in [3.8, 4) is 11.5 Å². The van der Waals surface area contributed by atoms with Crippen molar-refractivity contribution in [3.63, 3.8) is 0 Å². The Hall–Kier alpha value is -2.82. The van der Waals surface area contributed by atoms with Crippen molar-refractivity contribution in [1.82, 2.24) is 4.98 Å². The molecule has 168 valence electrons. The fourth-order valence-corrected chi connectivity index (χ4v) is 3.35. The first-order valence-electron chi connectivity index (χ1n) is 11.1. The van der Waals surface area contributed by atoms with Crippen LogP contribution in [0, 0.1) is 13.8 Å². The van der Waals surface area contributed by atoms with Gasteiger partial charge in [-0.3, -0.25) is 4.98 Å². The average Bonchev–Trinajstić information content (AvgIpc) is 2.76. The Morgan fingerprint density at radius 1 is 0.968 bits per heavy atom. The van der Waals surface area contributed by atoms with Gasteiger partial charge in [-0.1, -0.05) is 36.6 Å². The van der Waals surface area contributed by atoms with Crippen LogP contribution in [-0.2, 0) is 11.3 Å². The van der Waals surface area contributed by atoms with Gasteiger partial charge in [0.2, 0.25) is 0 Å². The molecule has 0 atom stereocenters. The third-order valence-corrected chi connectivity index (χ3v) is 4.99. The van der Waals surface area contributed by atoms with Gasteiger partial charge in [-0.15, -0.1) is 0 Å². The molecule has 0 spiro atoms. The Balaban J connectivity index is 1.60. The van der Waals surface area contributed by atoms with E-state index >= 15 is 0 Å². The number of aryl methyl sites for hydroxylation is 3. The SMILES string of the molecule is C/C=C/COc1cc(C)c(OCCCCCCCc2ccc(/C=N/OC)cn2)c(C)c1. The number of unbranched alkanes of at least 4 members (excludes halogenated alkanes) is 4. The van der Waals surface area contributed by atoms with E-state index in [1.165, 1.54) is 26.4 Å². The summed E-state index contributed by atoms with van der Waals surface area (Å²) in [5.74, 6) is 1.89. The van der Waals surface area contributed by atoms with Crippen LogP contribution in [0.2, 0.25) is 0 Å². The Morgan fingerprint density at radius 2 is 1.71 bits per heavy atom. The topological polar surface area (TPSA) is 52.9 Å². The molecule has 0 N–H and O–H groups in total. The maximum Gasteiger partial charge on any atom is 0.125 e. The van der Waals surface area contributed by atoms with Crippen LogP contribution in [0.5, 0.6) is 11.5 Å². The maximum atomic E-state index is 6.06. The minimum Gasteiger partial charge on any atom is -0.493 e. The molecule has 1 heterocycles. The predicted octanol–water partition coefficient (Wildman–Crippen LogP) is 6.21. The van der Waals surface area contributed by atoms with Crippen molar-refractivity contribution in [2.75, 3.05) is 20.3 Å². The Kier molecular flexibility index (Phi) is 11.2. The quantitative estimate of drug-likeness (QED) is 0.157. The highest BCUT2D eigenvalue weighted by molar-refractivity contribution is 5.78. The highest BCUT2D eigenvalue weighted by Gasteiger charge is 2.07. The summed E-state index contributed by atoms with van der Waals surface area (Å²) in [4.78, 5) is 9.16. The summed E-state index contributed by atoms with van der Waals surface area (Å²) in [6.07, 6.45) is 14.3. The fourth-order valence-electron chi connectivity index (χ4n) is 3.35. The summed E-state index contributed by atoms with van der Waals surface area (Å²) in [5, 5.41) is 3.75. The lowest BCUT2D eigenvalue weighted by Gasteiger charge is -2.14. The Morgan fingerprint density at radius 3 is 2.39 bits per heavy atom. The number of rotatable bonds is 14. The second-order valence-corrected chi connectivity index (χ2v) is 7.63. The first kappa shape index (κ1) is 24.4. The van der Waals surface area contributed by atoms with Crippen LogP contribution < -0.4 is 9.47 Å². The molecule has 1 aromatic carbocycles. The molecule has 5 nitrogen and oxygen atoms in total. The third-order valence-electron chi connectivity index (χ3n) is 4.99.